The van der Waals surface area contributed by atoms with Crippen molar-refractivity contribution in [2.75, 3.05) is 12.4 Å². The number of fused-ring (bicyclic) bond motifs is 1. The molecule has 0 fully saturated rings. The number of methoxy groups -OCH3 is 1. The van der Waals surface area contributed by atoms with E-state index in [0.717, 1.165) is 19.2 Å². The zero-order valence-corrected chi connectivity index (χ0v) is 15.0. The maximum absolute atomic E-state index is 13.1. The number of rotatable bonds is 3. The molecule has 2 heterocycles. The van der Waals surface area contributed by atoms with Crippen molar-refractivity contribution in [3.05, 3.63) is 52.3 Å². The summed E-state index contributed by atoms with van der Waals surface area (Å²) in [5.74, 6) is -1.63. The van der Waals surface area contributed by atoms with Crippen LogP contribution in [-0.4, -0.2) is 29.1 Å². The van der Waals surface area contributed by atoms with Crippen LogP contribution in [0.15, 0.2) is 28.8 Å². The Labute approximate surface area is 156 Å². The third kappa shape index (κ3) is 3.53. The lowest BCUT2D eigenvalue weighted by atomic mass is 10.1. The number of ether oxygens (including phenoxy) is 1. The summed E-state index contributed by atoms with van der Waals surface area (Å²) in [5.41, 5.74) is -0.491. The molecule has 10 heteroatoms. The fraction of sp³-hybridized carbons (Fsp3) is 0.222. The van der Waals surface area contributed by atoms with Crippen molar-refractivity contribution >= 4 is 28.7 Å². The Kier molecular flexibility index (Phi) is 4.80. The van der Waals surface area contributed by atoms with Gasteiger partial charge in [0.25, 0.3) is 11.6 Å². The molecule has 0 aliphatic carbocycles. The van der Waals surface area contributed by atoms with Gasteiger partial charge in [-0.2, -0.15) is 13.2 Å². The Bertz CT molecular complexity index is 1090. The van der Waals surface area contributed by atoms with Crippen molar-refractivity contribution < 1.29 is 32.0 Å². The Balaban J connectivity index is 2.09. The van der Waals surface area contributed by atoms with Gasteiger partial charge in [-0.3, -0.25) is 4.79 Å². The lowest BCUT2D eigenvalue weighted by Gasteiger charge is -2.14. The van der Waals surface area contributed by atoms with Crippen LogP contribution in [0.3, 0.4) is 0 Å². The second-order valence-corrected chi connectivity index (χ2v) is 5.96. The Morgan fingerprint density at radius 3 is 2.50 bits per heavy atom. The van der Waals surface area contributed by atoms with Crippen LogP contribution in [-0.2, 0) is 10.9 Å². The number of esters is 1. The minimum Gasteiger partial charge on any atom is -0.465 e. The fourth-order valence-electron chi connectivity index (χ4n) is 2.70. The summed E-state index contributed by atoms with van der Waals surface area (Å²) in [5, 5.41) is 6.43. The van der Waals surface area contributed by atoms with Crippen LogP contribution < -0.4 is 5.32 Å². The van der Waals surface area contributed by atoms with Crippen LogP contribution in [0.1, 0.15) is 37.7 Å². The van der Waals surface area contributed by atoms with E-state index in [1.807, 2.05) is 0 Å². The van der Waals surface area contributed by atoms with Crippen molar-refractivity contribution in [3.63, 3.8) is 0 Å². The van der Waals surface area contributed by atoms with E-state index in [4.69, 9.17) is 4.52 Å². The van der Waals surface area contributed by atoms with Crippen LogP contribution in [0.4, 0.5) is 18.9 Å². The van der Waals surface area contributed by atoms with E-state index in [2.05, 4.69) is 20.2 Å². The normalized spacial score (nSPS) is 11.5. The number of anilines is 1. The molecule has 0 atom stereocenters. The van der Waals surface area contributed by atoms with E-state index in [1.54, 1.807) is 13.8 Å². The first-order valence-electron chi connectivity index (χ1n) is 7.96. The number of pyridine rings is 1. The molecule has 0 radical (unpaired) electrons. The monoisotopic (exact) mass is 393 g/mol. The molecule has 3 aromatic rings. The Hall–Kier alpha value is -3.43. The van der Waals surface area contributed by atoms with E-state index in [1.165, 1.54) is 6.07 Å². The van der Waals surface area contributed by atoms with Gasteiger partial charge in [-0.05, 0) is 38.1 Å². The third-order valence-corrected chi connectivity index (χ3v) is 3.99. The Morgan fingerprint density at radius 1 is 1.14 bits per heavy atom. The molecule has 0 bridgehead atoms. The molecule has 1 aromatic carbocycles. The van der Waals surface area contributed by atoms with Gasteiger partial charge < -0.3 is 14.6 Å². The van der Waals surface area contributed by atoms with Crippen molar-refractivity contribution in [2.24, 2.45) is 0 Å². The highest BCUT2D eigenvalue weighted by Crippen LogP contribution is 2.33. The highest BCUT2D eigenvalue weighted by molar-refractivity contribution is 6.14. The van der Waals surface area contributed by atoms with E-state index in [0.29, 0.717) is 22.8 Å². The van der Waals surface area contributed by atoms with Gasteiger partial charge in [0, 0.05) is 5.69 Å². The summed E-state index contributed by atoms with van der Waals surface area (Å²) < 4.78 is 48.8. The Morgan fingerprint density at radius 2 is 1.86 bits per heavy atom. The highest BCUT2D eigenvalue weighted by Gasteiger charge is 2.32. The number of hydrogen-bond acceptors (Lipinski definition) is 6. The number of aryl methyl sites for hydroxylation is 2. The smallest absolute Gasteiger partial charge is 0.416 e. The number of hydrogen-bond donors (Lipinski definition) is 1. The molecule has 0 spiro atoms. The van der Waals surface area contributed by atoms with Crippen LogP contribution >= 0.6 is 0 Å². The molecular weight excluding hydrogens is 379 g/mol. The van der Waals surface area contributed by atoms with Crippen molar-refractivity contribution in [2.45, 2.75) is 20.0 Å². The molecule has 0 unspecified atom stereocenters. The van der Waals surface area contributed by atoms with Gasteiger partial charge >= 0.3 is 12.1 Å². The lowest BCUT2D eigenvalue weighted by molar-refractivity contribution is -0.137. The van der Waals surface area contributed by atoms with Crippen LogP contribution in [0.2, 0.25) is 0 Å². The molecule has 7 nitrogen and oxygen atoms in total. The zero-order valence-electron chi connectivity index (χ0n) is 15.0. The van der Waals surface area contributed by atoms with Crippen LogP contribution in [0.5, 0.6) is 0 Å². The van der Waals surface area contributed by atoms with Crippen molar-refractivity contribution in [1.29, 1.82) is 0 Å². The molecule has 0 saturated heterocycles. The number of benzene rings is 1. The lowest BCUT2D eigenvalue weighted by Crippen LogP contribution is -2.17. The van der Waals surface area contributed by atoms with E-state index < -0.39 is 23.6 Å². The fourth-order valence-corrected chi connectivity index (χ4v) is 2.70. The highest BCUT2D eigenvalue weighted by atomic mass is 19.4. The summed E-state index contributed by atoms with van der Waals surface area (Å²) in [6.07, 6.45) is -4.65. The molecule has 28 heavy (non-hydrogen) atoms. The second kappa shape index (κ2) is 6.95. The average molecular weight is 393 g/mol. The number of amides is 1. The molecule has 1 amide bonds. The summed E-state index contributed by atoms with van der Waals surface area (Å²) in [6.45, 7) is 3.22. The first-order valence-corrected chi connectivity index (χ1v) is 7.96. The SMILES string of the molecule is COC(=O)c1ccc(C(F)(F)F)cc1NC(=O)c1cc(C)nc2onc(C)c12. The minimum absolute atomic E-state index is 0.106. The van der Waals surface area contributed by atoms with Gasteiger partial charge in [0.05, 0.1) is 40.6 Å². The number of carbonyl (C=O) groups is 2. The van der Waals surface area contributed by atoms with Gasteiger partial charge in [-0.25, -0.2) is 9.78 Å². The number of halogens is 3. The van der Waals surface area contributed by atoms with Gasteiger partial charge in [-0.1, -0.05) is 5.16 Å². The molecule has 3 rings (SSSR count). The maximum Gasteiger partial charge on any atom is 0.416 e. The number of alkyl halides is 3. The number of nitrogens with zero attached hydrogens (tertiary/aromatic N) is 2. The predicted octanol–water partition coefficient (Wildman–Crippen LogP) is 3.90. The van der Waals surface area contributed by atoms with Gasteiger partial charge in [-0.15, -0.1) is 0 Å². The van der Waals surface area contributed by atoms with Gasteiger partial charge in [0.1, 0.15) is 0 Å². The maximum atomic E-state index is 13.1. The summed E-state index contributed by atoms with van der Waals surface area (Å²) in [4.78, 5) is 28.8. The van der Waals surface area contributed by atoms with E-state index in [-0.39, 0.29) is 22.5 Å². The standard InChI is InChI=1S/C18H14F3N3O4/c1-8-6-12(14-9(2)24-28-16(14)22-8)15(25)23-13-7-10(18(19,20)21)4-5-11(13)17(26)27-3/h4-7H,1-3H3,(H,23,25). The molecule has 146 valence electrons. The first-order chi connectivity index (χ1) is 13.1. The molecular formula is C18H14F3N3O4. The summed E-state index contributed by atoms with van der Waals surface area (Å²) >= 11 is 0. The molecule has 1 N–H and O–H groups in total. The topological polar surface area (TPSA) is 94.3 Å². The number of aromatic nitrogens is 2. The second-order valence-electron chi connectivity index (χ2n) is 5.96. The van der Waals surface area contributed by atoms with Crippen LogP contribution in [0.25, 0.3) is 11.1 Å². The van der Waals surface area contributed by atoms with Crippen molar-refractivity contribution in [3.8, 4) is 0 Å². The zero-order chi connectivity index (χ0) is 20.6. The summed E-state index contributed by atoms with van der Waals surface area (Å²) in [6, 6.07) is 3.81. The largest absolute Gasteiger partial charge is 0.465 e. The predicted molar refractivity (Wildman–Crippen MR) is 92.0 cm³/mol. The number of nitrogens with one attached hydrogen (secondary N) is 1. The van der Waals surface area contributed by atoms with Gasteiger partial charge in [0.2, 0.25) is 0 Å². The summed E-state index contributed by atoms with van der Waals surface area (Å²) in [7, 11) is 1.09. The molecule has 0 saturated carbocycles. The molecule has 2 aromatic heterocycles. The molecule has 0 aliphatic heterocycles. The first kappa shape index (κ1) is 19.3. The third-order valence-electron chi connectivity index (χ3n) is 3.99. The quantitative estimate of drug-likeness (QED) is 0.679. The van der Waals surface area contributed by atoms with Crippen LogP contribution in [0, 0.1) is 13.8 Å². The van der Waals surface area contributed by atoms with Crippen molar-refractivity contribution in [1.82, 2.24) is 10.1 Å². The van der Waals surface area contributed by atoms with E-state index >= 15 is 0 Å². The van der Waals surface area contributed by atoms with E-state index in [9.17, 15) is 22.8 Å². The molecule has 0 aliphatic rings. The number of carbonyl (C=O) groups excluding carboxylic acids is 2. The average Bonchev–Trinajstić information content (AvgIpc) is 3.00. The van der Waals surface area contributed by atoms with Gasteiger partial charge in [0.15, 0.2) is 0 Å². The minimum atomic E-state index is -4.65.